The minimum absolute atomic E-state index is 0.0608. The number of piperidine rings is 1. The highest BCUT2D eigenvalue weighted by atomic mass is 32.2. The Morgan fingerprint density at radius 3 is 2.45 bits per heavy atom. The number of nitrogens with zero attached hydrogens (tertiary/aromatic N) is 5. The van der Waals surface area contributed by atoms with Crippen molar-refractivity contribution in [1.82, 2.24) is 23.9 Å². The molecule has 10 nitrogen and oxygen atoms in total. The molecule has 0 aliphatic carbocycles. The highest BCUT2D eigenvalue weighted by Gasteiger charge is 2.35. The molecule has 15 heteroatoms. The summed E-state index contributed by atoms with van der Waals surface area (Å²) in [4.78, 5) is 4.36. The molecular formula is C29H42F3N5O5S2. The maximum atomic E-state index is 14.1. The Bertz CT molecular complexity index is 1400. The van der Waals surface area contributed by atoms with E-state index in [-0.39, 0.29) is 24.5 Å². The number of aromatic nitrogens is 2. The van der Waals surface area contributed by atoms with Crippen LogP contribution < -0.4 is 0 Å². The fourth-order valence-electron chi connectivity index (χ4n) is 6.04. The molecule has 1 aromatic carbocycles. The molecule has 44 heavy (non-hydrogen) atoms. The van der Waals surface area contributed by atoms with E-state index in [1.165, 1.54) is 16.4 Å². The van der Waals surface area contributed by atoms with E-state index >= 15 is 0 Å². The largest absolute Gasteiger partial charge is 0.417 e. The lowest BCUT2D eigenvalue weighted by Gasteiger charge is -2.35. The number of sulfonamides is 1. The number of fused-ring (bicyclic) bond motifs is 1. The number of ether oxygens (including phenoxy) is 1. The second kappa shape index (κ2) is 13.6. The Kier molecular flexibility index (Phi) is 10.4. The molecule has 0 bridgehead atoms. The first kappa shape index (κ1) is 33.6. The molecule has 246 valence electrons. The number of hydrogen-bond acceptors (Lipinski definition) is 9. The summed E-state index contributed by atoms with van der Waals surface area (Å²) in [6.45, 7) is 7.35. The van der Waals surface area contributed by atoms with Gasteiger partial charge >= 0.3 is 6.18 Å². The molecule has 2 aromatic rings. The molecule has 0 saturated carbocycles. The van der Waals surface area contributed by atoms with Crippen molar-refractivity contribution in [2.75, 3.05) is 71.0 Å². The van der Waals surface area contributed by atoms with Crippen LogP contribution in [0.2, 0.25) is 0 Å². The summed E-state index contributed by atoms with van der Waals surface area (Å²) in [6, 6.07) is 3.98. The number of aliphatic hydroxyl groups is 2. The molecule has 2 fully saturated rings. The Balaban J connectivity index is 1.41. The van der Waals surface area contributed by atoms with Crippen LogP contribution in [0.4, 0.5) is 13.2 Å². The third kappa shape index (κ3) is 8.35. The lowest BCUT2D eigenvalue weighted by molar-refractivity contribution is -0.139. The zero-order valence-corrected chi connectivity index (χ0v) is 26.9. The predicted octanol–water partition coefficient (Wildman–Crippen LogP) is 2.52. The van der Waals surface area contributed by atoms with Gasteiger partial charge in [0, 0.05) is 86.2 Å². The van der Waals surface area contributed by atoms with E-state index in [0.29, 0.717) is 94.3 Å². The van der Waals surface area contributed by atoms with Crippen molar-refractivity contribution in [1.29, 1.82) is 0 Å². The van der Waals surface area contributed by atoms with Gasteiger partial charge in [-0.2, -0.15) is 22.6 Å². The van der Waals surface area contributed by atoms with Gasteiger partial charge in [0.2, 0.25) is 10.0 Å². The van der Waals surface area contributed by atoms with Gasteiger partial charge in [-0.15, -0.1) is 11.8 Å². The van der Waals surface area contributed by atoms with E-state index in [1.54, 1.807) is 11.6 Å². The van der Waals surface area contributed by atoms with Crippen LogP contribution >= 0.6 is 11.8 Å². The Hall–Kier alpha value is -1.72. The molecule has 1 atom stereocenters. The first-order valence-electron chi connectivity index (χ1n) is 15.0. The third-order valence-corrected chi connectivity index (χ3v) is 11.0. The van der Waals surface area contributed by atoms with Gasteiger partial charge in [0.05, 0.1) is 49.0 Å². The van der Waals surface area contributed by atoms with Crippen molar-refractivity contribution in [3.05, 3.63) is 35.0 Å². The molecule has 0 unspecified atom stereocenters. The van der Waals surface area contributed by atoms with Gasteiger partial charge in [0.1, 0.15) is 0 Å². The van der Waals surface area contributed by atoms with E-state index in [0.717, 1.165) is 29.8 Å². The van der Waals surface area contributed by atoms with E-state index in [2.05, 4.69) is 9.80 Å². The number of aliphatic hydroxyl groups excluding tert-OH is 1. The number of β-amino-alcohol motifs (C(OH)–C–C–N with tert-alkyl or cyclic N) is 1. The average molecular weight is 662 g/mol. The van der Waals surface area contributed by atoms with Crippen LogP contribution in [-0.4, -0.2) is 125 Å². The standard InChI is InChI=1S/C29H42F3N5O5S2/c1-28(39)6-9-34(10-7-28)13-16-43-26-17-21(3-4-24(26)29(30,31)32)27-23-20-36(44(2,40)41)8-5-25(23)37(33-27)19-22(38)18-35-11-14-42-15-12-35/h3-4,17,22,38-39H,5-16,18-20H2,1-2H3/t22-/m0/s1. The summed E-state index contributed by atoms with van der Waals surface area (Å²) in [5.74, 6) is 0.441. The summed E-state index contributed by atoms with van der Waals surface area (Å²) < 4.78 is 75.5. The summed E-state index contributed by atoms with van der Waals surface area (Å²) in [6.07, 6.45) is -2.51. The average Bonchev–Trinajstić information content (AvgIpc) is 3.31. The Labute approximate surface area is 261 Å². The molecule has 5 rings (SSSR count). The second-order valence-electron chi connectivity index (χ2n) is 12.3. The quantitative estimate of drug-likeness (QED) is 0.371. The summed E-state index contributed by atoms with van der Waals surface area (Å²) in [5, 5.41) is 25.9. The number of morpholine rings is 1. The van der Waals surface area contributed by atoms with Gasteiger partial charge in [0.15, 0.2) is 0 Å². The van der Waals surface area contributed by atoms with Crippen LogP contribution in [0.1, 0.15) is 36.6 Å². The predicted molar refractivity (Wildman–Crippen MR) is 162 cm³/mol. The van der Waals surface area contributed by atoms with Gasteiger partial charge in [-0.25, -0.2) is 8.42 Å². The fraction of sp³-hybridized carbons (Fsp3) is 0.690. The summed E-state index contributed by atoms with van der Waals surface area (Å²) in [7, 11) is -3.51. The molecule has 3 aliphatic rings. The molecule has 2 N–H and O–H groups in total. The first-order valence-corrected chi connectivity index (χ1v) is 17.8. The Morgan fingerprint density at radius 2 is 1.80 bits per heavy atom. The first-order chi connectivity index (χ1) is 20.7. The van der Waals surface area contributed by atoms with E-state index in [4.69, 9.17) is 9.84 Å². The number of thioether (sulfide) groups is 1. The zero-order chi connectivity index (χ0) is 31.7. The van der Waals surface area contributed by atoms with Gasteiger partial charge in [-0.1, -0.05) is 6.07 Å². The van der Waals surface area contributed by atoms with Crippen LogP contribution in [0.3, 0.4) is 0 Å². The van der Waals surface area contributed by atoms with Crippen LogP contribution in [0, 0.1) is 0 Å². The maximum absolute atomic E-state index is 14.1. The van der Waals surface area contributed by atoms with Crippen molar-refractivity contribution >= 4 is 21.8 Å². The fourth-order valence-corrected chi connectivity index (χ4v) is 7.94. The minimum Gasteiger partial charge on any atom is -0.390 e. The number of halogens is 3. The molecule has 0 spiro atoms. The molecular weight excluding hydrogens is 619 g/mol. The third-order valence-electron chi connectivity index (χ3n) is 8.68. The van der Waals surface area contributed by atoms with Crippen LogP contribution in [0.5, 0.6) is 0 Å². The smallest absolute Gasteiger partial charge is 0.390 e. The van der Waals surface area contributed by atoms with Gasteiger partial charge in [0.25, 0.3) is 0 Å². The number of likely N-dealkylation sites (tertiary alicyclic amines) is 1. The van der Waals surface area contributed by atoms with E-state index in [1.807, 2.05) is 0 Å². The van der Waals surface area contributed by atoms with Crippen molar-refractivity contribution in [2.45, 2.75) is 62.1 Å². The molecule has 1 aromatic heterocycles. The maximum Gasteiger partial charge on any atom is 0.417 e. The van der Waals surface area contributed by atoms with Crippen molar-refractivity contribution in [2.24, 2.45) is 0 Å². The highest BCUT2D eigenvalue weighted by molar-refractivity contribution is 7.99. The van der Waals surface area contributed by atoms with E-state index < -0.39 is 33.5 Å². The van der Waals surface area contributed by atoms with Gasteiger partial charge in [-0.3, -0.25) is 9.58 Å². The van der Waals surface area contributed by atoms with Gasteiger partial charge < -0.3 is 19.8 Å². The SMILES string of the molecule is CC1(O)CCN(CCSc2cc(-c3nn(C[C@@H](O)CN4CCOCC4)c4c3CN(S(C)(=O)=O)CC4)ccc2C(F)(F)F)CC1. The monoisotopic (exact) mass is 661 g/mol. The van der Waals surface area contributed by atoms with Crippen LogP contribution in [0.15, 0.2) is 23.1 Å². The molecule has 4 heterocycles. The number of alkyl halides is 3. The summed E-state index contributed by atoms with van der Waals surface area (Å²) in [5.41, 5.74) is 0.922. The highest BCUT2D eigenvalue weighted by Crippen LogP contribution is 2.40. The minimum atomic E-state index is -4.54. The normalized spacial score (nSPS) is 21.3. The van der Waals surface area contributed by atoms with Crippen molar-refractivity contribution in [3.8, 4) is 11.3 Å². The number of rotatable bonds is 10. The van der Waals surface area contributed by atoms with Crippen molar-refractivity contribution < 1.29 is 36.5 Å². The van der Waals surface area contributed by atoms with Crippen molar-refractivity contribution in [3.63, 3.8) is 0 Å². The lowest BCUT2D eigenvalue weighted by Crippen LogP contribution is -2.43. The number of hydrogen-bond donors (Lipinski definition) is 2. The molecule has 2 saturated heterocycles. The second-order valence-corrected chi connectivity index (χ2v) is 15.4. The lowest BCUT2D eigenvalue weighted by atomic mass is 9.94. The van der Waals surface area contributed by atoms with Crippen LogP contribution in [0.25, 0.3) is 11.3 Å². The zero-order valence-electron chi connectivity index (χ0n) is 25.2. The van der Waals surface area contributed by atoms with Crippen LogP contribution in [-0.2, 0) is 40.4 Å². The molecule has 0 amide bonds. The molecule has 0 radical (unpaired) electrons. The number of benzene rings is 1. The topological polar surface area (TPSA) is 111 Å². The van der Waals surface area contributed by atoms with E-state index in [9.17, 15) is 31.8 Å². The molecule has 3 aliphatic heterocycles. The van der Waals surface area contributed by atoms with Gasteiger partial charge in [-0.05, 0) is 31.9 Å². The summed E-state index contributed by atoms with van der Waals surface area (Å²) >= 11 is 1.13. The Morgan fingerprint density at radius 1 is 1.09 bits per heavy atom.